The second-order valence-corrected chi connectivity index (χ2v) is 5.45. The van der Waals surface area contributed by atoms with Gasteiger partial charge in [-0.1, -0.05) is 12.1 Å². The third-order valence-corrected chi connectivity index (χ3v) is 4.22. The van der Waals surface area contributed by atoms with Crippen LogP contribution in [0.2, 0.25) is 0 Å². The molecule has 0 N–H and O–H groups in total. The van der Waals surface area contributed by atoms with Crippen LogP contribution in [-0.4, -0.2) is 39.2 Å². The van der Waals surface area contributed by atoms with E-state index in [4.69, 9.17) is 18.9 Å². The number of carbonyl (C=O) groups excluding carboxylic acids is 1. The number of carbonyl (C=O) groups is 1. The summed E-state index contributed by atoms with van der Waals surface area (Å²) in [5.41, 5.74) is 2.64. The summed E-state index contributed by atoms with van der Waals surface area (Å²) >= 11 is 0. The zero-order valence-electron chi connectivity index (χ0n) is 12.9. The van der Waals surface area contributed by atoms with Crippen LogP contribution >= 0.6 is 0 Å². The van der Waals surface area contributed by atoms with Gasteiger partial charge in [-0.2, -0.15) is 0 Å². The molecule has 1 aromatic rings. The standard InChI is InChI=1S/C17H20O5/c1-19-15-4-3-13(11-14(15)16(18)20-2)12-5-7-17(8-6-12)21-9-10-22-17/h3-5,11H,6-10H2,1-2H3. The Morgan fingerprint density at radius 3 is 2.59 bits per heavy atom. The minimum absolute atomic E-state index is 0.394. The van der Waals surface area contributed by atoms with Crippen molar-refractivity contribution in [3.63, 3.8) is 0 Å². The van der Waals surface area contributed by atoms with Crippen molar-refractivity contribution in [2.24, 2.45) is 0 Å². The topological polar surface area (TPSA) is 54.0 Å². The molecule has 1 saturated heterocycles. The molecule has 0 bridgehead atoms. The molecular formula is C17H20O5. The molecule has 5 heteroatoms. The van der Waals surface area contributed by atoms with Crippen molar-refractivity contribution in [3.8, 4) is 5.75 Å². The summed E-state index contributed by atoms with van der Waals surface area (Å²) in [6.07, 6.45) is 4.56. The number of rotatable bonds is 3. The van der Waals surface area contributed by atoms with Gasteiger partial charge in [0, 0.05) is 12.8 Å². The van der Waals surface area contributed by atoms with Gasteiger partial charge in [-0.25, -0.2) is 4.79 Å². The molecule has 0 aromatic heterocycles. The fourth-order valence-electron chi connectivity index (χ4n) is 3.01. The van der Waals surface area contributed by atoms with E-state index in [0.717, 1.165) is 24.8 Å². The quantitative estimate of drug-likeness (QED) is 0.804. The van der Waals surface area contributed by atoms with Crippen LogP contribution in [0.25, 0.3) is 5.57 Å². The molecule has 1 aliphatic carbocycles. The van der Waals surface area contributed by atoms with Crippen molar-refractivity contribution in [3.05, 3.63) is 35.4 Å². The Balaban J connectivity index is 1.86. The van der Waals surface area contributed by atoms with Crippen LogP contribution in [0.4, 0.5) is 0 Å². The molecule has 5 nitrogen and oxygen atoms in total. The van der Waals surface area contributed by atoms with E-state index in [0.29, 0.717) is 24.5 Å². The van der Waals surface area contributed by atoms with E-state index in [1.54, 1.807) is 13.2 Å². The van der Waals surface area contributed by atoms with Crippen LogP contribution in [0.1, 0.15) is 35.2 Å². The highest BCUT2D eigenvalue weighted by molar-refractivity contribution is 5.93. The van der Waals surface area contributed by atoms with Crippen LogP contribution in [0.15, 0.2) is 24.3 Å². The molecular weight excluding hydrogens is 284 g/mol. The second-order valence-electron chi connectivity index (χ2n) is 5.45. The molecule has 3 rings (SSSR count). The lowest BCUT2D eigenvalue weighted by atomic mass is 9.89. The second kappa shape index (κ2) is 6.10. The van der Waals surface area contributed by atoms with Crippen LogP contribution in [0.3, 0.4) is 0 Å². The van der Waals surface area contributed by atoms with Crippen molar-refractivity contribution in [1.29, 1.82) is 0 Å². The number of ether oxygens (including phenoxy) is 4. The fraction of sp³-hybridized carbons (Fsp3) is 0.471. The van der Waals surface area contributed by atoms with Crippen LogP contribution < -0.4 is 4.74 Å². The lowest BCUT2D eigenvalue weighted by Crippen LogP contribution is -2.31. The third kappa shape index (κ3) is 2.74. The minimum Gasteiger partial charge on any atom is -0.496 e. The van der Waals surface area contributed by atoms with E-state index < -0.39 is 11.8 Å². The number of allylic oxidation sites excluding steroid dienone is 1. The van der Waals surface area contributed by atoms with Crippen molar-refractivity contribution in [1.82, 2.24) is 0 Å². The van der Waals surface area contributed by atoms with Gasteiger partial charge in [0.15, 0.2) is 5.79 Å². The molecule has 1 fully saturated rings. The normalized spacial score (nSPS) is 19.8. The molecule has 1 aliphatic heterocycles. The predicted octanol–water partition coefficient (Wildman–Crippen LogP) is 2.79. The van der Waals surface area contributed by atoms with Gasteiger partial charge in [-0.05, 0) is 29.7 Å². The summed E-state index contributed by atoms with van der Waals surface area (Å²) < 4.78 is 21.5. The van der Waals surface area contributed by atoms with Crippen LogP contribution in [0, 0.1) is 0 Å². The smallest absolute Gasteiger partial charge is 0.341 e. The number of methoxy groups -OCH3 is 2. The third-order valence-electron chi connectivity index (χ3n) is 4.22. The molecule has 2 aliphatic rings. The monoisotopic (exact) mass is 304 g/mol. The summed E-state index contributed by atoms with van der Waals surface area (Å²) in [4.78, 5) is 11.9. The van der Waals surface area contributed by atoms with Crippen molar-refractivity contribution >= 4 is 11.5 Å². The molecule has 1 aromatic carbocycles. The van der Waals surface area contributed by atoms with Crippen molar-refractivity contribution < 1.29 is 23.7 Å². The zero-order chi connectivity index (χ0) is 15.6. The highest BCUT2D eigenvalue weighted by Crippen LogP contribution is 2.38. The van der Waals surface area contributed by atoms with Crippen molar-refractivity contribution in [2.75, 3.05) is 27.4 Å². The van der Waals surface area contributed by atoms with Gasteiger partial charge in [-0.15, -0.1) is 0 Å². The summed E-state index contributed by atoms with van der Waals surface area (Å²) in [7, 11) is 2.91. The van der Waals surface area contributed by atoms with E-state index in [-0.39, 0.29) is 0 Å². The van der Waals surface area contributed by atoms with E-state index in [1.165, 1.54) is 12.7 Å². The summed E-state index contributed by atoms with van der Waals surface area (Å²) in [6, 6.07) is 5.59. The lowest BCUT2D eigenvalue weighted by molar-refractivity contribution is -0.159. The molecule has 118 valence electrons. The van der Waals surface area contributed by atoms with E-state index in [1.807, 2.05) is 12.1 Å². The van der Waals surface area contributed by atoms with Gasteiger partial charge in [-0.3, -0.25) is 0 Å². The minimum atomic E-state index is -0.429. The Morgan fingerprint density at radius 2 is 2.00 bits per heavy atom. The number of hydrogen-bond acceptors (Lipinski definition) is 5. The molecule has 0 saturated carbocycles. The molecule has 0 amide bonds. The molecule has 0 atom stereocenters. The molecule has 0 unspecified atom stereocenters. The van der Waals surface area contributed by atoms with Crippen LogP contribution in [-0.2, 0) is 14.2 Å². The van der Waals surface area contributed by atoms with E-state index in [9.17, 15) is 4.79 Å². The summed E-state index contributed by atoms with van der Waals surface area (Å²) in [5, 5.41) is 0. The largest absolute Gasteiger partial charge is 0.496 e. The first kappa shape index (κ1) is 15.1. The highest BCUT2D eigenvalue weighted by atomic mass is 16.7. The van der Waals surface area contributed by atoms with Crippen LogP contribution in [0.5, 0.6) is 5.75 Å². The maximum absolute atomic E-state index is 11.9. The van der Waals surface area contributed by atoms with Gasteiger partial charge in [0.1, 0.15) is 11.3 Å². The first-order valence-corrected chi connectivity index (χ1v) is 7.41. The predicted molar refractivity (Wildman–Crippen MR) is 80.8 cm³/mol. The van der Waals surface area contributed by atoms with Gasteiger partial charge < -0.3 is 18.9 Å². The first-order chi connectivity index (χ1) is 10.7. The van der Waals surface area contributed by atoms with Gasteiger partial charge in [0.05, 0.1) is 27.4 Å². The van der Waals surface area contributed by atoms with E-state index >= 15 is 0 Å². The number of esters is 1. The zero-order valence-corrected chi connectivity index (χ0v) is 12.9. The molecule has 22 heavy (non-hydrogen) atoms. The molecule has 1 heterocycles. The molecule has 0 radical (unpaired) electrons. The molecule has 1 spiro atoms. The average molecular weight is 304 g/mol. The Bertz CT molecular complexity index is 599. The Morgan fingerprint density at radius 1 is 1.23 bits per heavy atom. The fourth-order valence-corrected chi connectivity index (χ4v) is 3.01. The lowest BCUT2D eigenvalue weighted by Gasteiger charge is -2.30. The SMILES string of the molecule is COC(=O)c1cc(C2=CCC3(CC2)OCCO3)ccc1OC. The maximum Gasteiger partial charge on any atom is 0.341 e. The Hall–Kier alpha value is -1.85. The number of benzene rings is 1. The van der Waals surface area contributed by atoms with E-state index in [2.05, 4.69) is 6.08 Å². The van der Waals surface area contributed by atoms with Crippen molar-refractivity contribution in [2.45, 2.75) is 25.0 Å². The summed E-state index contributed by atoms with van der Waals surface area (Å²) in [6.45, 7) is 1.33. The summed E-state index contributed by atoms with van der Waals surface area (Å²) in [5.74, 6) is -0.304. The van der Waals surface area contributed by atoms with Gasteiger partial charge in [0.25, 0.3) is 0 Å². The van der Waals surface area contributed by atoms with Gasteiger partial charge >= 0.3 is 5.97 Å². The first-order valence-electron chi connectivity index (χ1n) is 7.41. The maximum atomic E-state index is 11.9. The number of hydrogen-bond donors (Lipinski definition) is 0. The highest BCUT2D eigenvalue weighted by Gasteiger charge is 2.37. The Kier molecular flexibility index (Phi) is 4.18. The van der Waals surface area contributed by atoms with Gasteiger partial charge in [0.2, 0.25) is 0 Å². The Labute approximate surface area is 129 Å². The average Bonchev–Trinajstić information content (AvgIpc) is 3.02.